The summed E-state index contributed by atoms with van der Waals surface area (Å²) in [5, 5.41) is 0. The standard InChI is InChI=1S/C28H29N5O/c1-2-8-24(9-3-1)34-21-28-30-25-10-4-5-11-26(25)33(28)18-22-13-16-31(17-14-22)19-23-20-32-15-7-6-12-27(32)29-23/h1-12,15,20,22H,13-14,16-19,21H2. The highest BCUT2D eigenvalue weighted by Gasteiger charge is 2.22. The van der Waals surface area contributed by atoms with Crippen LogP contribution in [-0.4, -0.2) is 36.9 Å². The van der Waals surface area contributed by atoms with Crippen molar-refractivity contribution in [2.24, 2.45) is 5.92 Å². The normalized spacial score (nSPS) is 15.3. The molecule has 6 heteroatoms. The second-order valence-electron chi connectivity index (χ2n) is 9.15. The molecule has 5 aromatic rings. The fourth-order valence-corrected chi connectivity index (χ4v) is 4.98. The molecule has 6 nitrogen and oxygen atoms in total. The second kappa shape index (κ2) is 9.31. The summed E-state index contributed by atoms with van der Waals surface area (Å²) in [4.78, 5) is 12.2. The smallest absolute Gasteiger partial charge is 0.148 e. The summed E-state index contributed by atoms with van der Waals surface area (Å²) in [6.45, 7) is 4.57. The lowest BCUT2D eigenvalue weighted by Crippen LogP contribution is -2.34. The lowest BCUT2D eigenvalue weighted by Gasteiger charge is -2.32. The van der Waals surface area contributed by atoms with E-state index in [4.69, 9.17) is 14.7 Å². The summed E-state index contributed by atoms with van der Waals surface area (Å²) in [6, 6.07) is 24.5. The van der Waals surface area contributed by atoms with E-state index >= 15 is 0 Å². The van der Waals surface area contributed by atoms with Crippen molar-refractivity contribution in [2.75, 3.05) is 13.1 Å². The maximum Gasteiger partial charge on any atom is 0.148 e. The van der Waals surface area contributed by atoms with E-state index in [9.17, 15) is 0 Å². The van der Waals surface area contributed by atoms with Gasteiger partial charge < -0.3 is 13.7 Å². The van der Waals surface area contributed by atoms with Crippen molar-refractivity contribution in [3.05, 3.63) is 96.7 Å². The monoisotopic (exact) mass is 451 g/mol. The molecule has 0 unspecified atom stereocenters. The molecule has 1 fully saturated rings. The number of imidazole rings is 2. The number of hydrogen-bond acceptors (Lipinski definition) is 4. The van der Waals surface area contributed by atoms with E-state index in [1.54, 1.807) is 0 Å². The molecule has 3 aromatic heterocycles. The SMILES string of the molecule is c1ccc(OCc2nc3ccccc3n2CC2CCN(Cc3cn4ccccc4n3)CC2)cc1. The minimum absolute atomic E-state index is 0.478. The van der Waals surface area contributed by atoms with Gasteiger partial charge in [-0.05, 0) is 68.2 Å². The van der Waals surface area contributed by atoms with Crippen molar-refractivity contribution < 1.29 is 4.74 Å². The molecule has 0 atom stereocenters. The van der Waals surface area contributed by atoms with Gasteiger partial charge in [0.15, 0.2) is 0 Å². The highest BCUT2D eigenvalue weighted by atomic mass is 16.5. The highest BCUT2D eigenvalue weighted by molar-refractivity contribution is 5.75. The third-order valence-electron chi connectivity index (χ3n) is 6.79. The first-order chi connectivity index (χ1) is 16.8. The Bertz CT molecular complexity index is 1350. The van der Waals surface area contributed by atoms with Crippen LogP contribution >= 0.6 is 0 Å². The summed E-state index contributed by atoms with van der Waals surface area (Å²) < 4.78 is 10.5. The molecule has 2 aromatic carbocycles. The third-order valence-corrected chi connectivity index (χ3v) is 6.79. The van der Waals surface area contributed by atoms with E-state index in [0.29, 0.717) is 12.5 Å². The van der Waals surface area contributed by atoms with Gasteiger partial charge >= 0.3 is 0 Å². The molecule has 4 heterocycles. The molecule has 0 aliphatic carbocycles. The van der Waals surface area contributed by atoms with Gasteiger partial charge in [0.05, 0.1) is 16.7 Å². The van der Waals surface area contributed by atoms with Gasteiger partial charge in [0, 0.05) is 25.5 Å². The molecule has 34 heavy (non-hydrogen) atoms. The van der Waals surface area contributed by atoms with Crippen molar-refractivity contribution in [2.45, 2.75) is 32.5 Å². The van der Waals surface area contributed by atoms with E-state index in [0.717, 1.165) is 54.6 Å². The Morgan fingerprint density at radius 3 is 2.50 bits per heavy atom. The quantitative estimate of drug-likeness (QED) is 0.342. The zero-order valence-corrected chi connectivity index (χ0v) is 19.3. The Morgan fingerprint density at radius 2 is 1.65 bits per heavy atom. The van der Waals surface area contributed by atoms with Gasteiger partial charge in [-0.2, -0.15) is 0 Å². The number of piperidine rings is 1. The van der Waals surface area contributed by atoms with Crippen LogP contribution in [-0.2, 0) is 19.7 Å². The highest BCUT2D eigenvalue weighted by Crippen LogP contribution is 2.25. The zero-order valence-electron chi connectivity index (χ0n) is 19.3. The number of aromatic nitrogens is 4. The van der Waals surface area contributed by atoms with Crippen molar-refractivity contribution in [1.82, 2.24) is 23.8 Å². The summed E-state index contributed by atoms with van der Waals surface area (Å²) in [5.74, 6) is 2.50. The first kappa shape index (κ1) is 20.9. The van der Waals surface area contributed by atoms with Crippen LogP contribution in [0.2, 0.25) is 0 Å². The third kappa shape index (κ3) is 4.41. The van der Waals surface area contributed by atoms with Gasteiger partial charge in [-0.3, -0.25) is 4.90 Å². The summed E-state index contributed by atoms with van der Waals surface area (Å²) in [7, 11) is 0. The molecule has 0 bridgehead atoms. The van der Waals surface area contributed by atoms with Gasteiger partial charge in [-0.25, -0.2) is 9.97 Å². The molecule has 1 aliphatic rings. The van der Waals surface area contributed by atoms with Crippen molar-refractivity contribution in [3.8, 4) is 5.75 Å². The average molecular weight is 452 g/mol. The molecule has 1 saturated heterocycles. The van der Waals surface area contributed by atoms with Crippen LogP contribution < -0.4 is 4.74 Å². The number of rotatable bonds is 7. The van der Waals surface area contributed by atoms with Crippen molar-refractivity contribution >= 4 is 16.7 Å². The topological polar surface area (TPSA) is 47.6 Å². The summed E-state index contributed by atoms with van der Waals surface area (Å²) in [5.41, 5.74) is 4.40. The van der Waals surface area contributed by atoms with E-state index in [-0.39, 0.29) is 0 Å². The van der Waals surface area contributed by atoms with Crippen LogP contribution in [0.5, 0.6) is 5.75 Å². The number of para-hydroxylation sites is 3. The van der Waals surface area contributed by atoms with Gasteiger partial charge in [-0.15, -0.1) is 0 Å². The predicted molar refractivity (Wildman–Crippen MR) is 134 cm³/mol. The number of hydrogen-bond donors (Lipinski definition) is 0. The first-order valence-electron chi connectivity index (χ1n) is 12.1. The van der Waals surface area contributed by atoms with E-state index < -0.39 is 0 Å². The minimum Gasteiger partial charge on any atom is -0.486 e. The molecule has 172 valence electrons. The number of benzene rings is 2. The predicted octanol–water partition coefficient (Wildman–Crippen LogP) is 5.18. The molecular weight excluding hydrogens is 422 g/mol. The molecule has 0 amide bonds. The Balaban J connectivity index is 1.12. The Labute approximate surface area is 199 Å². The van der Waals surface area contributed by atoms with Crippen LogP contribution in [0.3, 0.4) is 0 Å². The Kier molecular flexibility index (Phi) is 5.73. The van der Waals surface area contributed by atoms with Crippen LogP contribution in [0.1, 0.15) is 24.4 Å². The van der Waals surface area contributed by atoms with Gasteiger partial charge in [0.2, 0.25) is 0 Å². The van der Waals surface area contributed by atoms with Crippen LogP contribution in [0.15, 0.2) is 85.2 Å². The molecule has 1 aliphatic heterocycles. The average Bonchev–Trinajstić information content (AvgIpc) is 3.45. The summed E-state index contributed by atoms with van der Waals surface area (Å²) >= 11 is 0. The minimum atomic E-state index is 0.478. The van der Waals surface area contributed by atoms with Crippen molar-refractivity contribution in [1.29, 1.82) is 0 Å². The lowest BCUT2D eigenvalue weighted by atomic mass is 9.96. The van der Waals surface area contributed by atoms with Gasteiger partial charge in [-0.1, -0.05) is 36.4 Å². The number of nitrogens with zero attached hydrogens (tertiary/aromatic N) is 5. The van der Waals surface area contributed by atoms with E-state index in [2.05, 4.69) is 56.6 Å². The van der Waals surface area contributed by atoms with Crippen LogP contribution in [0.4, 0.5) is 0 Å². The molecule has 0 radical (unpaired) electrons. The number of likely N-dealkylation sites (tertiary alicyclic amines) is 1. The first-order valence-corrected chi connectivity index (χ1v) is 12.1. The Hall–Kier alpha value is -3.64. The zero-order chi connectivity index (χ0) is 22.7. The second-order valence-corrected chi connectivity index (χ2v) is 9.15. The molecule has 6 rings (SSSR count). The van der Waals surface area contributed by atoms with Crippen LogP contribution in [0, 0.1) is 5.92 Å². The van der Waals surface area contributed by atoms with Gasteiger partial charge in [0.25, 0.3) is 0 Å². The van der Waals surface area contributed by atoms with Crippen LogP contribution in [0.25, 0.3) is 16.7 Å². The van der Waals surface area contributed by atoms with Gasteiger partial charge in [0.1, 0.15) is 23.8 Å². The fourth-order valence-electron chi connectivity index (χ4n) is 4.98. The lowest BCUT2D eigenvalue weighted by molar-refractivity contribution is 0.164. The maximum atomic E-state index is 6.06. The maximum absolute atomic E-state index is 6.06. The molecule has 0 N–H and O–H groups in total. The fraction of sp³-hybridized carbons (Fsp3) is 0.286. The van der Waals surface area contributed by atoms with Crippen molar-refractivity contribution in [3.63, 3.8) is 0 Å². The van der Waals surface area contributed by atoms with E-state index in [1.807, 2.05) is 42.5 Å². The number of pyridine rings is 1. The molecular formula is C28H29N5O. The largest absolute Gasteiger partial charge is 0.486 e. The molecule has 0 spiro atoms. The number of ether oxygens (including phenoxy) is 1. The molecule has 0 saturated carbocycles. The Morgan fingerprint density at radius 1 is 0.853 bits per heavy atom. The summed E-state index contributed by atoms with van der Waals surface area (Å²) in [6.07, 6.45) is 6.57. The number of fused-ring (bicyclic) bond motifs is 2. The van der Waals surface area contributed by atoms with E-state index in [1.165, 1.54) is 18.4 Å².